The number of nitriles is 1. The molecule has 6 rings (SSSR count). The van der Waals surface area contributed by atoms with Gasteiger partial charge in [0.25, 0.3) is 0 Å². The molecule has 244 valence electrons. The minimum absolute atomic E-state index is 0. The van der Waals surface area contributed by atoms with Crippen LogP contribution in [0.5, 0.6) is 6.01 Å². The molecule has 1 aromatic heterocycles. The summed E-state index contributed by atoms with van der Waals surface area (Å²) in [6, 6.07) is 15.6. The molecule has 3 heterocycles. The maximum absolute atomic E-state index is 12.6. The maximum atomic E-state index is 12.6. The van der Waals surface area contributed by atoms with E-state index in [1.165, 1.54) is 25.3 Å². The van der Waals surface area contributed by atoms with Crippen molar-refractivity contribution in [3.63, 3.8) is 0 Å². The Labute approximate surface area is 284 Å². The SMILES string of the molecule is C=CC(=O)N1CCN(c2nc(OC[C@H](CC)N(C)C3CCC3)nc3c2CCN(c2cccc4cccc(Cl)c24)C3)CC1CC#N.S. The fourth-order valence-electron chi connectivity index (χ4n) is 6.98. The predicted molar refractivity (Wildman–Crippen MR) is 189 cm³/mol. The minimum Gasteiger partial charge on any atom is -0.462 e. The number of rotatable bonds is 10. The summed E-state index contributed by atoms with van der Waals surface area (Å²) < 4.78 is 6.42. The van der Waals surface area contributed by atoms with Gasteiger partial charge in [-0.05, 0) is 56.3 Å². The number of hydrogen-bond acceptors (Lipinski definition) is 8. The quantitative estimate of drug-likeness (QED) is 0.255. The molecule has 2 fully saturated rings. The van der Waals surface area contributed by atoms with Gasteiger partial charge in [-0.15, -0.1) is 0 Å². The van der Waals surface area contributed by atoms with Gasteiger partial charge >= 0.3 is 6.01 Å². The molecule has 0 radical (unpaired) electrons. The lowest BCUT2D eigenvalue weighted by Gasteiger charge is -2.42. The van der Waals surface area contributed by atoms with Crippen molar-refractivity contribution in [2.75, 3.05) is 49.6 Å². The number of carbonyl (C=O) groups excluding carboxylic acids is 1. The summed E-state index contributed by atoms with van der Waals surface area (Å²) in [6.07, 6.45) is 7.08. The first-order valence-corrected chi connectivity index (χ1v) is 16.5. The zero-order valence-corrected chi connectivity index (χ0v) is 28.5. The van der Waals surface area contributed by atoms with Crippen LogP contribution in [0, 0.1) is 11.3 Å². The van der Waals surface area contributed by atoms with Crippen LogP contribution in [0.2, 0.25) is 5.02 Å². The van der Waals surface area contributed by atoms with Crippen molar-refractivity contribution in [2.45, 2.75) is 70.1 Å². The second-order valence-electron chi connectivity index (χ2n) is 12.4. The lowest BCUT2D eigenvalue weighted by atomic mass is 9.90. The Morgan fingerprint density at radius 2 is 1.98 bits per heavy atom. The van der Waals surface area contributed by atoms with Crippen molar-refractivity contribution in [3.05, 3.63) is 65.3 Å². The van der Waals surface area contributed by atoms with E-state index in [1.54, 1.807) is 4.90 Å². The molecule has 2 aromatic carbocycles. The molecular formula is C35H44ClN7O2S. The van der Waals surface area contributed by atoms with E-state index >= 15 is 0 Å². The van der Waals surface area contributed by atoms with Crippen LogP contribution in [0.1, 0.15) is 50.3 Å². The second kappa shape index (κ2) is 14.9. The Morgan fingerprint density at radius 1 is 1.20 bits per heavy atom. The van der Waals surface area contributed by atoms with E-state index in [-0.39, 0.29) is 37.9 Å². The van der Waals surface area contributed by atoms with E-state index in [9.17, 15) is 10.1 Å². The number of hydrogen-bond donors (Lipinski definition) is 0. The number of anilines is 2. The number of piperazine rings is 1. The van der Waals surface area contributed by atoms with E-state index < -0.39 is 0 Å². The smallest absolute Gasteiger partial charge is 0.318 e. The molecule has 0 spiro atoms. The molecule has 1 saturated heterocycles. The molecule has 1 aliphatic carbocycles. The molecule has 9 nitrogen and oxygen atoms in total. The van der Waals surface area contributed by atoms with Crippen LogP contribution >= 0.6 is 25.1 Å². The van der Waals surface area contributed by atoms with Crippen LogP contribution < -0.4 is 14.5 Å². The number of carbonyl (C=O) groups is 1. The number of fused-ring (bicyclic) bond motifs is 2. The third kappa shape index (κ3) is 6.78. The predicted octanol–water partition coefficient (Wildman–Crippen LogP) is 5.72. The topological polar surface area (TPSA) is 88.8 Å². The molecule has 0 N–H and O–H groups in total. The zero-order chi connectivity index (χ0) is 31.5. The fourth-order valence-corrected chi connectivity index (χ4v) is 7.26. The number of likely N-dealkylation sites (N-methyl/N-ethyl adjacent to an activating group) is 1. The van der Waals surface area contributed by atoms with E-state index in [0.717, 1.165) is 57.9 Å². The summed E-state index contributed by atoms with van der Waals surface area (Å²) in [4.78, 5) is 31.4. The zero-order valence-electron chi connectivity index (χ0n) is 26.8. The van der Waals surface area contributed by atoms with Crippen molar-refractivity contribution in [1.29, 1.82) is 5.26 Å². The van der Waals surface area contributed by atoms with Crippen LogP contribution in [0.25, 0.3) is 10.8 Å². The number of aromatic nitrogens is 2. The van der Waals surface area contributed by atoms with Crippen LogP contribution in [0.4, 0.5) is 11.5 Å². The lowest BCUT2D eigenvalue weighted by molar-refractivity contribution is -0.128. The van der Waals surface area contributed by atoms with Gasteiger partial charge in [-0.25, -0.2) is 0 Å². The summed E-state index contributed by atoms with van der Waals surface area (Å²) in [5.41, 5.74) is 3.13. The number of amides is 1. The van der Waals surface area contributed by atoms with E-state index in [2.05, 4.69) is 65.6 Å². The van der Waals surface area contributed by atoms with Gasteiger partial charge in [0.05, 0.1) is 35.8 Å². The van der Waals surface area contributed by atoms with Crippen LogP contribution in [0.3, 0.4) is 0 Å². The Morgan fingerprint density at radius 3 is 2.67 bits per heavy atom. The van der Waals surface area contributed by atoms with Crippen LogP contribution in [-0.4, -0.2) is 83.6 Å². The van der Waals surface area contributed by atoms with Crippen molar-refractivity contribution in [3.8, 4) is 12.1 Å². The number of ether oxygens (including phenoxy) is 1. The van der Waals surface area contributed by atoms with Gasteiger partial charge in [-0.2, -0.15) is 28.7 Å². The largest absolute Gasteiger partial charge is 0.462 e. The van der Waals surface area contributed by atoms with E-state index in [1.807, 2.05) is 12.1 Å². The molecule has 1 saturated carbocycles. The lowest BCUT2D eigenvalue weighted by Crippen LogP contribution is -2.55. The average Bonchev–Trinajstić information content (AvgIpc) is 3.03. The summed E-state index contributed by atoms with van der Waals surface area (Å²) in [5, 5.41) is 12.5. The molecule has 11 heteroatoms. The molecule has 3 aromatic rings. The summed E-state index contributed by atoms with van der Waals surface area (Å²) in [6.45, 7) is 9.39. The van der Waals surface area contributed by atoms with Crippen LogP contribution in [-0.2, 0) is 17.8 Å². The minimum atomic E-state index is -0.247. The Hall–Kier alpha value is -3.52. The molecule has 2 atom stereocenters. The van der Waals surface area contributed by atoms with Gasteiger partial charge in [0.1, 0.15) is 12.4 Å². The standard InChI is InChI=1S/C35H42ClN7O2.H2S/c1-4-25(40(3)26-11-8-12-26)23-45-35-38-30-22-41(31-14-7-10-24-9-6-13-29(36)33(24)31)18-16-28(30)34(39-35)42-19-20-43(32(44)5-2)27(21-42)15-17-37;/h5-7,9-10,13-14,25-27H,2,4,8,11-12,15-16,18-23H2,1,3H3;1H2/t25-,27?;/m0./s1. The number of benzene rings is 2. The highest BCUT2D eigenvalue weighted by atomic mass is 35.5. The molecule has 46 heavy (non-hydrogen) atoms. The number of halogens is 1. The van der Waals surface area contributed by atoms with Crippen LogP contribution in [0.15, 0.2) is 49.1 Å². The van der Waals surface area contributed by atoms with Gasteiger partial charge in [0.15, 0.2) is 0 Å². The third-order valence-electron chi connectivity index (χ3n) is 9.86. The number of nitrogens with zero attached hydrogens (tertiary/aromatic N) is 7. The van der Waals surface area contributed by atoms with Gasteiger partial charge in [-0.3, -0.25) is 9.69 Å². The fraction of sp³-hybridized carbons (Fsp3) is 0.486. The molecule has 1 unspecified atom stereocenters. The molecule has 1 amide bonds. The summed E-state index contributed by atoms with van der Waals surface area (Å²) in [7, 11) is 2.20. The van der Waals surface area contributed by atoms with E-state index in [0.29, 0.717) is 44.8 Å². The van der Waals surface area contributed by atoms with Crippen molar-refractivity contribution < 1.29 is 9.53 Å². The first-order valence-electron chi connectivity index (χ1n) is 16.1. The van der Waals surface area contributed by atoms with Crippen molar-refractivity contribution in [2.24, 2.45) is 0 Å². The molecule has 3 aliphatic rings. The normalized spacial score (nSPS) is 18.8. The van der Waals surface area contributed by atoms with Crippen molar-refractivity contribution in [1.82, 2.24) is 19.8 Å². The highest BCUT2D eigenvalue weighted by Crippen LogP contribution is 2.37. The maximum Gasteiger partial charge on any atom is 0.318 e. The molecular weight excluding hydrogens is 618 g/mol. The Balaban J connectivity index is 0.00000417. The third-order valence-corrected chi connectivity index (χ3v) is 10.2. The Kier molecular flexibility index (Phi) is 11.0. The average molecular weight is 662 g/mol. The molecule has 0 bridgehead atoms. The monoisotopic (exact) mass is 661 g/mol. The second-order valence-corrected chi connectivity index (χ2v) is 12.8. The molecule has 2 aliphatic heterocycles. The van der Waals surface area contributed by atoms with Gasteiger partial charge < -0.3 is 19.4 Å². The highest BCUT2D eigenvalue weighted by Gasteiger charge is 2.34. The van der Waals surface area contributed by atoms with Gasteiger partial charge in [0, 0.05) is 54.9 Å². The van der Waals surface area contributed by atoms with Gasteiger partial charge in [-0.1, -0.05) is 55.8 Å². The summed E-state index contributed by atoms with van der Waals surface area (Å²) in [5.74, 6) is 0.703. The highest BCUT2D eigenvalue weighted by molar-refractivity contribution is 7.59. The first-order chi connectivity index (χ1) is 21.9. The Bertz CT molecular complexity index is 1600. The first kappa shape index (κ1) is 33.8. The van der Waals surface area contributed by atoms with Gasteiger partial charge in [0.2, 0.25) is 5.91 Å². The van der Waals surface area contributed by atoms with Crippen molar-refractivity contribution >= 4 is 53.3 Å². The summed E-state index contributed by atoms with van der Waals surface area (Å²) >= 11 is 6.72. The van der Waals surface area contributed by atoms with E-state index in [4.69, 9.17) is 26.3 Å².